The Morgan fingerprint density at radius 2 is 1.81 bits per heavy atom. The number of methoxy groups -OCH3 is 1. The predicted octanol–water partition coefficient (Wildman–Crippen LogP) is 3.25. The highest BCUT2D eigenvalue weighted by Gasteiger charge is 2.34. The van der Waals surface area contributed by atoms with Crippen molar-refractivity contribution in [2.45, 2.75) is 48.9 Å². The Morgan fingerprint density at radius 1 is 1.12 bits per heavy atom. The number of likely N-dealkylation sites (tertiary alicyclic amines) is 1. The van der Waals surface area contributed by atoms with E-state index >= 15 is 0 Å². The number of amides is 1. The average Bonchev–Trinajstić information content (AvgIpc) is 3.12. The van der Waals surface area contributed by atoms with Gasteiger partial charge in [0.1, 0.15) is 11.4 Å². The molecule has 1 fully saturated rings. The van der Waals surface area contributed by atoms with E-state index in [4.69, 9.17) is 14.2 Å². The van der Waals surface area contributed by atoms with E-state index < -0.39 is 15.1 Å². The van der Waals surface area contributed by atoms with Crippen molar-refractivity contribution in [2.24, 2.45) is 0 Å². The Morgan fingerprint density at radius 3 is 2.47 bits per heavy atom. The molecule has 1 amide bonds. The molecule has 0 saturated carbocycles. The summed E-state index contributed by atoms with van der Waals surface area (Å²) >= 11 is 0. The smallest absolute Gasteiger partial charge is 0.260 e. The fourth-order valence-electron chi connectivity index (χ4n) is 4.31. The first-order chi connectivity index (χ1) is 15.2. The highest BCUT2D eigenvalue weighted by Crippen LogP contribution is 2.41. The molecule has 0 aromatic heterocycles. The number of carbonyl (C=O) groups is 1. The summed E-state index contributed by atoms with van der Waals surface area (Å²) in [7, 11) is -1.91. The van der Waals surface area contributed by atoms with Gasteiger partial charge >= 0.3 is 0 Å². The lowest BCUT2D eigenvalue weighted by Gasteiger charge is -2.31. The van der Waals surface area contributed by atoms with Gasteiger partial charge in [-0.25, -0.2) is 8.42 Å². The molecular weight excluding hydrogens is 430 g/mol. The fraction of sp³-hybridized carbons (Fsp3) is 0.458. The van der Waals surface area contributed by atoms with E-state index in [1.54, 1.807) is 42.3 Å². The summed E-state index contributed by atoms with van der Waals surface area (Å²) in [5, 5.41) is -0.506. The van der Waals surface area contributed by atoms with Crippen molar-refractivity contribution in [1.82, 2.24) is 4.90 Å². The number of sulfone groups is 1. The summed E-state index contributed by atoms with van der Waals surface area (Å²) in [6.45, 7) is 4.71. The van der Waals surface area contributed by atoms with Gasteiger partial charge in [0, 0.05) is 25.1 Å². The zero-order valence-corrected chi connectivity index (χ0v) is 19.5. The molecule has 0 radical (unpaired) electrons. The molecule has 0 spiro atoms. The highest BCUT2D eigenvalue weighted by atomic mass is 32.2. The van der Waals surface area contributed by atoms with Crippen molar-refractivity contribution in [1.29, 1.82) is 0 Å². The van der Waals surface area contributed by atoms with Crippen molar-refractivity contribution >= 4 is 15.7 Å². The molecule has 2 aliphatic rings. The lowest BCUT2D eigenvalue weighted by Crippen LogP contribution is -2.44. The molecule has 32 heavy (non-hydrogen) atoms. The summed E-state index contributed by atoms with van der Waals surface area (Å²) < 4.78 is 42.8. The second-order valence-electron chi connectivity index (χ2n) is 8.87. The van der Waals surface area contributed by atoms with E-state index in [0.29, 0.717) is 43.2 Å². The van der Waals surface area contributed by atoms with Crippen molar-refractivity contribution in [3.63, 3.8) is 0 Å². The Bertz CT molecular complexity index is 1090. The molecule has 2 heterocycles. The molecule has 4 rings (SSSR count). The minimum atomic E-state index is -3.45. The quantitative estimate of drug-likeness (QED) is 0.660. The summed E-state index contributed by atoms with van der Waals surface area (Å²) in [5.74, 6) is 1.73. The van der Waals surface area contributed by atoms with Crippen molar-refractivity contribution < 1.29 is 27.4 Å². The zero-order valence-electron chi connectivity index (χ0n) is 18.7. The Labute approximate surface area is 189 Å². The van der Waals surface area contributed by atoms with Gasteiger partial charge in [0.25, 0.3) is 5.91 Å². The molecular formula is C24H29NO6S. The lowest BCUT2D eigenvalue weighted by molar-refractivity contribution is -0.134. The van der Waals surface area contributed by atoms with Crippen molar-refractivity contribution in [2.75, 3.05) is 26.8 Å². The van der Waals surface area contributed by atoms with E-state index in [2.05, 4.69) is 0 Å². The molecule has 0 bridgehead atoms. The molecule has 0 unspecified atom stereocenters. The Kier molecular flexibility index (Phi) is 6.07. The van der Waals surface area contributed by atoms with E-state index in [-0.39, 0.29) is 23.0 Å². The Balaban J connectivity index is 1.33. The van der Waals surface area contributed by atoms with Gasteiger partial charge in [0.15, 0.2) is 27.9 Å². The highest BCUT2D eigenvalue weighted by molar-refractivity contribution is 7.92. The first kappa shape index (κ1) is 22.5. The number of rotatable bonds is 6. The number of piperidine rings is 1. The van der Waals surface area contributed by atoms with Crippen LogP contribution in [-0.4, -0.2) is 56.9 Å². The third kappa shape index (κ3) is 4.55. The number of benzene rings is 2. The maximum atomic E-state index is 13.0. The third-order valence-electron chi connectivity index (χ3n) is 6.03. The molecule has 2 aromatic carbocycles. The normalized spacial score (nSPS) is 18.0. The minimum absolute atomic E-state index is 0.101. The molecule has 7 nitrogen and oxygen atoms in total. The van der Waals surface area contributed by atoms with Gasteiger partial charge in [-0.2, -0.15) is 0 Å². The summed E-state index contributed by atoms with van der Waals surface area (Å²) in [5.41, 5.74) is 0.785. The van der Waals surface area contributed by atoms with Crippen LogP contribution >= 0.6 is 0 Å². The van der Waals surface area contributed by atoms with Crippen LogP contribution in [0.2, 0.25) is 0 Å². The molecule has 172 valence electrons. The average molecular weight is 460 g/mol. The number of nitrogens with zero attached hydrogens (tertiary/aromatic N) is 1. The first-order valence-corrected chi connectivity index (χ1v) is 12.3. The van der Waals surface area contributed by atoms with Crippen LogP contribution in [-0.2, 0) is 21.1 Å². The van der Waals surface area contributed by atoms with E-state index in [1.807, 2.05) is 26.0 Å². The molecule has 2 aromatic rings. The van der Waals surface area contributed by atoms with Crippen LogP contribution in [0.15, 0.2) is 47.4 Å². The zero-order chi connectivity index (χ0) is 22.9. The molecule has 0 aliphatic carbocycles. The first-order valence-electron chi connectivity index (χ1n) is 10.8. The number of carbonyl (C=O) groups excluding carboxylic acids is 1. The van der Waals surface area contributed by atoms with Crippen LogP contribution in [0.4, 0.5) is 0 Å². The second kappa shape index (κ2) is 8.65. The SMILES string of the molecule is COc1ccc(S(=O)(=O)C2CCN(C(=O)COc3cccc4c3OC(C)(C)C4)CC2)cc1. The van der Waals surface area contributed by atoms with Gasteiger partial charge < -0.3 is 19.1 Å². The number of fused-ring (bicyclic) bond motifs is 1. The molecule has 0 atom stereocenters. The largest absolute Gasteiger partial charge is 0.497 e. The molecule has 0 N–H and O–H groups in total. The minimum Gasteiger partial charge on any atom is -0.497 e. The summed E-state index contributed by atoms with van der Waals surface area (Å²) in [6.07, 6.45) is 1.60. The van der Waals surface area contributed by atoms with Crippen LogP contribution in [0.25, 0.3) is 0 Å². The number of ether oxygens (including phenoxy) is 3. The molecule has 8 heteroatoms. The van der Waals surface area contributed by atoms with Crippen LogP contribution < -0.4 is 14.2 Å². The molecule has 1 saturated heterocycles. The summed E-state index contributed by atoms with van der Waals surface area (Å²) in [4.78, 5) is 14.7. The predicted molar refractivity (Wildman–Crippen MR) is 120 cm³/mol. The van der Waals surface area contributed by atoms with Crippen LogP contribution in [0.3, 0.4) is 0 Å². The monoisotopic (exact) mass is 459 g/mol. The maximum Gasteiger partial charge on any atom is 0.260 e. The Hall–Kier alpha value is -2.74. The van der Waals surface area contributed by atoms with Gasteiger partial charge in [0.05, 0.1) is 17.3 Å². The van der Waals surface area contributed by atoms with E-state index in [0.717, 1.165) is 12.0 Å². The van der Waals surface area contributed by atoms with Crippen LogP contribution in [0, 0.1) is 0 Å². The van der Waals surface area contributed by atoms with Gasteiger partial charge in [-0.15, -0.1) is 0 Å². The number of hydrogen-bond acceptors (Lipinski definition) is 6. The van der Waals surface area contributed by atoms with Gasteiger partial charge in [-0.1, -0.05) is 12.1 Å². The van der Waals surface area contributed by atoms with Crippen molar-refractivity contribution in [3.8, 4) is 17.2 Å². The van der Waals surface area contributed by atoms with Crippen LogP contribution in [0.1, 0.15) is 32.3 Å². The lowest BCUT2D eigenvalue weighted by atomic mass is 10.0. The van der Waals surface area contributed by atoms with Gasteiger partial charge in [-0.05, 0) is 57.0 Å². The van der Waals surface area contributed by atoms with Gasteiger partial charge in [-0.3, -0.25) is 4.79 Å². The van der Waals surface area contributed by atoms with E-state index in [9.17, 15) is 13.2 Å². The van der Waals surface area contributed by atoms with E-state index in [1.165, 1.54) is 0 Å². The maximum absolute atomic E-state index is 13.0. The van der Waals surface area contributed by atoms with Gasteiger partial charge in [0.2, 0.25) is 0 Å². The standard InChI is InChI=1S/C24H29NO6S/c1-24(2)15-17-5-4-6-21(23(17)31-24)30-16-22(26)25-13-11-20(12-14-25)32(27,28)19-9-7-18(29-3)8-10-19/h4-10,20H,11-16H2,1-3H3. The van der Waals surface area contributed by atoms with Crippen molar-refractivity contribution in [3.05, 3.63) is 48.0 Å². The topological polar surface area (TPSA) is 82.1 Å². The summed E-state index contributed by atoms with van der Waals surface area (Å²) in [6, 6.07) is 12.2. The number of hydrogen-bond donors (Lipinski definition) is 0. The molecule has 2 aliphatic heterocycles. The van der Waals surface area contributed by atoms with Crippen LogP contribution in [0.5, 0.6) is 17.2 Å². The number of para-hydroxylation sites is 1. The fourth-order valence-corrected chi connectivity index (χ4v) is 6.04. The third-order valence-corrected chi connectivity index (χ3v) is 8.31. The second-order valence-corrected chi connectivity index (χ2v) is 11.1.